The van der Waals surface area contributed by atoms with E-state index in [-0.39, 0.29) is 5.41 Å². The molecule has 1 aliphatic heterocycles. The number of rotatable bonds is 2. The SMILES string of the molecule is CC(C)(C)CC(O)c1cc(Br)cc2c1OCC2. The normalized spacial score (nSPS) is 16.5. The maximum Gasteiger partial charge on any atom is 0.128 e. The number of aliphatic hydroxyl groups is 1. The molecule has 0 saturated carbocycles. The molecule has 0 bridgehead atoms. The molecular weight excluding hydrogens is 280 g/mol. The van der Waals surface area contributed by atoms with Gasteiger partial charge in [0, 0.05) is 16.5 Å². The molecule has 1 atom stereocenters. The maximum absolute atomic E-state index is 10.3. The Morgan fingerprint density at radius 2 is 2.12 bits per heavy atom. The van der Waals surface area contributed by atoms with Crippen molar-refractivity contribution in [2.24, 2.45) is 5.41 Å². The van der Waals surface area contributed by atoms with E-state index in [9.17, 15) is 5.11 Å². The highest BCUT2D eigenvalue weighted by Gasteiger charge is 2.25. The minimum absolute atomic E-state index is 0.104. The molecule has 0 aliphatic carbocycles. The first-order chi connectivity index (χ1) is 7.87. The first-order valence-electron chi connectivity index (χ1n) is 6.00. The molecule has 17 heavy (non-hydrogen) atoms. The van der Waals surface area contributed by atoms with Gasteiger partial charge in [-0.05, 0) is 29.5 Å². The van der Waals surface area contributed by atoms with Crippen LogP contribution in [0, 0.1) is 5.41 Å². The zero-order valence-corrected chi connectivity index (χ0v) is 12.2. The largest absolute Gasteiger partial charge is 0.493 e. The van der Waals surface area contributed by atoms with Gasteiger partial charge >= 0.3 is 0 Å². The molecule has 1 aromatic carbocycles. The van der Waals surface area contributed by atoms with Crippen molar-refractivity contribution in [3.63, 3.8) is 0 Å². The van der Waals surface area contributed by atoms with Crippen molar-refractivity contribution >= 4 is 15.9 Å². The smallest absolute Gasteiger partial charge is 0.128 e. The molecule has 1 N–H and O–H groups in total. The lowest BCUT2D eigenvalue weighted by Crippen LogP contribution is -2.12. The fourth-order valence-electron chi connectivity index (χ4n) is 2.24. The minimum Gasteiger partial charge on any atom is -0.493 e. The predicted molar refractivity (Wildman–Crippen MR) is 72.4 cm³/mol. The Balaban J connectivity index is 2.32. The quantitative estimate of drug-likeness (QED) is 0.898. The van der Waals surface area contributed by atoms with Gasteiger partial charge in [-0.1, -0.05) is 36.7 Å². The summed E-state index contributed by atoms with van der Waals surface area (Å²) in [6.45, 7) is 7.13. The van der Waals surface area contributed by atoms with Crippen LogP contribution in [0.2, 0.25) is 0 Å². The van der Waals surface area contributed by atoms with E-state index in [1.165, 1.54) is 5.56 Å². The van der Waals surface area contributed by atoms with Crippen LogP contribution in [0.3, 0.4) is 0 Å². The Morgan fingerprint density at radius 1 is 1.41 bits per heavy atom. The average Bonchev–Trinajstić information content (AvgIpc) is 2.60. The number of hydrogen-bond donors (Lipinski definition) is 1. The van der Waals surface area contributed by atoms with Gasteiger partial charge in [0.15, 0.2) is 0 Å². The maximum atomic E-state index is 10.3. The third kappa shape index (κ3) is 3.02. The molecule has 2 nitrogen and oxygen atoms in total. The van der Waals surface area contributed by atoms with E-state index in [2.05, 4.69) is 42.8 Å². The van der Waals surface area contributed by atoms with Crippen LogP contribution < -0.4 is 4.74 Å². The Hall–Kier alpha value is -0.540. The Kier molecular flexibility index (Phi) is 3.50. The molecule has 1 aliphatic rings. The summed E-state index contributed by atoms with van der Waals surface area (Å²) in [5, 5.41) is 10.3. The standard InChI is InChI=1S/C14H19BrO2/c1-14(2,3)8-12(16)11-7-10(15)6-9-4-5-17-13(9)11/h6-7,12,16H,4-5,8H2,1-3H3. The summed E-state index contributed by atoms with van der Waals surface area (Å²) in [5.41, 5.74) is 2.22. The minimum atomic E-state index is -0.459. The first kappa shape index (κ1) is 12.9. The monoisotopic (exact) mass is 298 g/mol. The lowest BCUT2D eigenvalue weighted by molar-refractivity contribution is 0.119. The van der Waals surface area contributed by atoms with Gasteiger partial charge in [-0.15, -0.1) is 0 Å². The second-order valence-electron chi connectivity index (χ2n) is 5.86. The molecule has 94 valence electrons. The molecule has 0 spiro atoms. The van der Waals surface area contributed by atoms with Gasteiger partial charge in [0.2, 0.25) is 0 Å². The zero-order chi connectivity index (χ0) is 12.6. The van der Waals surface area contributed by atoms with E-state index >= 15 is 0 Å². The van der Waals surface area contributed by atoms with E-state index in [1.807, 2.05) is 6.07 Å². The summed E-state index contributed by atoms with van der Waals surface area (Å²) in [5.74, 6) is 0.893. The second-order valence-corrected chi connectivity index (χ2v) is 6.78. The molecule has 0 amide bonds. The molecule has 0 saturated heterocycles. The van der Waals surface area contributed by atoms with Crippen LogP contribution in [-0.4, -0.2) is 11.7 Å². The summed E-state index contributed by atoms with van der Waals surface area (Å²) >= 11 is 3.50. The van der Waals surface area contributed by atoms with Gasteiger partial charge < -0.3 is 9.84 Å². The van der Waals surface area contributed by atoms with Gasteiger partial charge in [-0.2, -0.15) is 0 Å². The van der Waals surface area contributed by atoms with Gasteiger partial charge in [0.05, 0.1) is 12.7 Å². The zero-order valence-electron chi connectivity index (χ0n) is 10.6. The van der Waals surface area contributed by atoms with Crippen molar-refractivity contribution in [3.8, 4) is 5.75 Å². The lowest BCUT2D eigenvalue weighted by atomic mass is 9.86. The molecule has 0 aromatic heterocycles. The number of aliphatic hydroxyl groups excluding tert-OH is 1. The molecule has 2 rings (SSSR count). The van der Waals surface area contributed by atoms with Crippen LogP contribution in [0.15, 0.2) is 16.6 Å². The summed E-state index contributed by atoms with van der Waals surface area (Å²) < 4.78 is 6.66. The summed E-state index contributed by atoms with van der Waals surface area (Å²) in [4.78, 5) is 0. The number of benzene rings is 1. The molecule has 1 unspecified atom stereocenters. The van der Waals surface area contributed by atoms with Gasteiger partial charge in [-0.3, -0.25) is 0 Å². The van der Waals surface area contributed by atoms with Gasteiger partial charge in [0.1, 0.15) is 5.75 Å². The number of fused-ring (bicyclic) bond motifs is 1. The molecule has 0 fully saturated rings. The van der Waals surface area contributed by atoms with E-state index in [1.54, 1.807) is 0 Å². The van der Waals surface area contributed by atoms with Crippen LogP contribution in [0.4, 0.5) is 0 Å². The Bertz CT molecular complexity index is 421. The Labute approximate surface area is 111 Å². The second kappa shape index (κ2) is 4.62. The topological polar surface area (TPSA) is 29.5 Å². The third-order valence-electron chi connectivity index (χ3n) is 2.94. The number of ether oxygens (including phenoxy) is 1. The van der Waals surface area contributed by atoms with Crippen molar-refractivity contribution in [2.75, 3.05) is 6.61 Å². The fourth-order valence-corrected chi connectivity index (χ4v) is 2.76. The summed E-state index contributed by atoms with van der Waals surface area (Å²) in [7, 11) is 0. The highest BCUT2D eigenvalue weighted by molar-refractivity contribution is 9.10. The van der Waals surface area contributed by atoms with Crippen molar-refractivity contribution in [2.45, 2.75) is 39.7 Å². The van der Waals surface area contributed by atoms with Crippen molar-refractivity contribution in [1.29, 1.82) is 0 Å². The Morgan fingerprint density at radius 3 is 2.76 bits per heavy atom. The lowest BCUT2D eigenvalue weighted by Gasteiger charge is -2.23. The molecule has 3 heteroatoms. The molecule has 1 aromatic rings. The number of halogens is 1. The summed E-state index contributed by atoms with van der Waals surface area (Å²) in [6.07, 6.45) is 1.21. The first-order valence-corrected chi connectivity index (χ1v) is 6.79. The highest BCUT2D eigenvalue weighted by atomic mass is 79.9. The van der Waals surface area contributed by atoms with Gasteiger partial charge in [0.25, 0.3) is 0 Å². The van der Waals surface area contributed by atoms with Crippen molar-refractivity contribution in [1.82, 2.24) is 0 Å². The van der Waals surface area contributed by atoms with E-state index in [4.69, 9.17) is 4.74 Å². The van der Waals surface area contributed by atoms with E-state index < -0.39 is 6.10 Å². The van der Waals surface area contributed by atoms with Crippen LogP contribution in [0.1, 0.15) is 44.4 Å². The molecule has 1 heterocycles. The van der Waals surface area contributed by atoms with Crippen molar-refractivity contribution in [3.05, 3.63) is 27.7 Å². The highest BCUT2D eigenvalue weighted by Crippen LogP contribution is 2.40. The molecular formula is C14H19BrO2. The third-order valence-corrected chi connectivity index (χ3v) is 3.40. The van der Waals surface area contributed by atoms with Crippen LogP contribution in [0.5, 0.6) is 5.75 Å². The molecule has 0 radical (unpaired) electrons. The van der Waals surface area contributed by atoms with Crippen LogP contribution >= 0.6 is 15.9 Å². The van der Waals surface area contributed by atoms with E-state index in [0.29, 0.717) is 0 Å². The predicted octanol–water partition coefficient (Wildman–Crippen LogP) is 3.85. The van der Waals surface area contributed by atoms with Crippen LogP contribution in [-0.2, 0) is 6.42 Å². The number of hydrogen-bond acceptors (Lipinski definition) is 2. The van der Waals surface area contributed by atoms with Gasteiger partial charge in [-0.25, -0.2) is 0 Å². The average molecular weight is 299 g/mol. The summed E-state index contributed by atoms with van der Waals surface area (Å²) in [6, 6.07) is 4.05. The van der Waals surface area contributed by atoms with Crippen LogP contribution in [0.25, 0.3) is 0 Å². The fraction of sp³-hybridized carbons (Fsp3) is 0.571. The van der Waals surface area contributed by atoms with E-state index in [0.717, 1.165) is 35.2 Å². The van der Waals surface area contributed by atoms with Crippen molar-refractivity contribution < 1.29 is 9.84 Å².